The molecule has 146 valence electrons. The summed E-state index contributed by atoms with van der Waals surface area (Å²) in [6.45, 7) is 4.41. The molecule has 1 heterocycles. The second-order valence-electron chi connectivity index (χ2n) is 6.76. The van der Waals surface area contributed by atoms with Crippen molar-refractivity contribution in [1.29, 1.82) is 0 Å². The van der Waals surface area contributed by atoms with E-state index in [1.54, 1.807) is 13.2 Å². The number of β-amino-alcohol motifs (C(OH)–C–C–N with tert-alkyl or cyclic N) is 1. The molecule has 2 aromatic carbocycles. The summed E-state index contributed by atoms with van der Waals surface area (Å²) in [5.41, 5.74) is 1.70. The van der Waals surface area contributed by atoms with Gasteiger partial charge in [-0.3, -0.25) is 4.90 Å². The Morgan fingerprint density at radius 3 is 2.41 bits per heavy atom. The van der Waals surface area contributed by atoms with Crippen molar-refractivity contribution in [2.75, 3.05) is 51.3 Å². The molecule has 1 saturated heterocycles. The molecule has 2 aromatic rings. The number of para-hydroxylation sites is 1. The van der Waals surface area contributed by atoms with Gasteiger partial charge in [-0.1, -0.05) is 24.3 Å². The molecule has 0 bridgehead atoms. The lowest BCUT2D eigenvalue weighted by molar-refractivity contribution is 0.00911. The van der Waals surface area contributed by atoms with Crippen molar-refractivity contribution < 1.29 is 19.0 Å². The molecule has 0 amide bonds. The Balaban J connectivity index is 1.36. The van der Waals surface area contributed by atoms with Crippen LogP contribution in [-0.4, -0.2) is 62.6 Å². The fourth-order valence-electron chi connectivity index (χ4n) is 3.26. The first-order valence-corrected chi connectivity index (χ1v) is 9.26. The van der Waals surface area contributed by atoms with E-state index in [1.165, 1.54) is 6.07 Å². The third kappa shape index (κ3) is 5.66. The Hall–Kier alpha value is -2.15. The van der Waals surface area contributed by atoms with E-state index >= 15 is 0 Å². The average molecular weight is 374 g/mol. The van der Waals surface area contributed by atoms with Gasteiger partial charge in [-0.25, -0.2) is 4.39 Å². The van der Waals surface area contributed by atoms with Crippen LogP contribution in [0.2, 0.25) is 0 Å². The highest BCUT2D eigenvalue weighted by atomic mass is 19.1. The summed E-state index contributed by atoms with van der Waals surface area (Å²) in [7, 11) is 1.64. The number of aliphatic hydroxyl groups is 1. The molecule has 1 aliphatic heterocycles. The summed E-state index contributed by atoms with van der Waals surface area (Å²) in [5, 5.41) is 10.2. The van der Waals surface area contributed by atoms with Gasteiger partial charge in [0.25, 0.3) is 0 Å². The molecule has 1 N–H and O–H groups in total. The lowest BCUT2D eigenvalue weighted by Gasteiger charge is -2.36. The molecule has 0 aliphatic carbocycles. The van der Waals surface area contributed by atoms with Gasteiger partial charge in [0.1, 0.15) is 11.6 Å². The van der Waals surface area contributed by atoms with Gasteiger partial charge in [0.05, 0.1) is 32.1 Å². The van der Waals surface area contributed by atoms with Crippen LogP contribution in [0.25, 0.3) is 0 Å². The molecule has 0 radical (unpaired) electrons. The topological polar surface area (TPSA) is 45.2 Å². The zero-order valence-corrected chi connectivity index (χ0v) is 15.7. The van der Waals surface area contributed by atoms with Crippen LogP contribution < -0.4 is 9.64 Å². The molecule has 6 heteroatoms. The molecule has 0 spiro atoms. The van der Waals surface area contributed by atoms with E-state index in [4.69, 9.17) is 9.47 Å². The molecular formula is C21H27FN2O3. The summed E-state index contributed by atoms with van der Waals surface area (Å²) in [5.74, 6) is 0.631. The fourth-order valence-corrected chi connectivity index (χ4v) is 3.26. The van der Waals surface area contributed by atoms with E-state index in [0.717, 1.165) is 37.5 Å². The zero-order valence-electron chi connectivity index (χ0n) is 15.7. The number of benzene rings is 2. The number of halogens is 1. The highest BCUT2D eigenvalue weighted by molar-refractivity contribution is 5.48. The number of aliphatic hydroxyl groups excluding tert-OH is 1. The summed E-state index contributed by atoms with van der Waals surface area (Å²) < 4.78 is 24.6. The van der Waals surface area contributed by atoms with Crippen LogP contribution in [0.1, 0.15) is 5.56 Å². The van der Waals surface area contributed by atoms with Crippen molar-refractivity contribution in [3.63, 3.8) is 0 Å². The summed E-state index contributed by atoms with van der Waals surface area (Å²) in [4.78, 5) is 4.25. The number of ether oxygens (including phenoxy) is 2. The van der Waals surface area contributed by atoms with E-state index in [1.807, 2.05) is 36.4 Å². The Morgan fingerprint density at radius 1 is 1.04 bits per heavy atom. The van der Waals surface area contributed by atoms with E-state index in [-0.39, 0.29) is 5.82 Å². The zero-order chi connectivity index (χ0) is 19.1. The molecular weight excluding hydrogens is 347 g/mol. The molecule has 1 atom stereocenters. The van der Waals surface area contributed by atoms with Crippen LogP contribution in [0, 0.1) is 5.82 Å². The number of piperazine rings is 1. The predicted octanol–water partition coefficient (Wildman–Crippen LogP) is 2.53. The van der Waals surface area contributed by atoms with Gasteiger partial charge in [-0.2, -0.15) is 0 Å². The van der Waals surface area contributed by atoms with E-state index in [0.29, 0.717) is 25.4 Å². The van der Waals surface area contributed by atoms with Crippen LogP contribution in [0.4, 0.5) is 10.1 Å². The minimum absolute atomic E-state index is 0.182. The first-order valence-electron chi connectivity index (χ1n) is 9.26. The van der Waals surface area contributed by atoms with Crippen LogP contribution in [0.5, 0.6) is 5.75 Å². The highest BCUT2D eigenvalue weighted by Crippen LogP contribution is 2.20. The van der Waals surface area contributed by atoms with Gasteiger partial charge in [-0.05, 0) is 29.8 Å². The van der Waals surface area contributed by atoms with Crippen LogP contribution >= 0.6 is 0 Å². The van der Waals surface area contributed by atoms with E-state index in [2.05, 4.69) is 9.80 Å². The lowest BCUT2D eigenvalue weighted by atomic mass is 10.2. The lowest BCUT2D eigenvalue weighted by Crippen LogP contribution is -2.49. The van der Waals surface area contributed by atoms with Crippen molar-refractivity contribution in [1.82, 2.24) is 4.90 Å². The number of anilines is 1. The minimum Gasteiger partial charge on any atom is -0.497 e. The molecule has 0 aromatic heterocycles. The highest BCUT2D eigenvalue weighted by Gasteiger charge is 2.21. The quantitative estimate of drug-likeness (QED) is 0.769. The molecule has 5 nitrogen and oxygen atoms in total. The maximum absolute atomic E-state index is 13.9. The summed E-state index contributed by atoms with van der Waals surface area (Å²) in [6, 6.07) is 14.6. The van der Waals surface area contributed by atoms with Gasteiger partial charge < -0.3 is 19.5 Å². The Kier molecular flexibility index (Phi) is 7.04. The van der Waals surface area contributed by atoms with E-state index < -0.39 is 6.10 Å². The van der Waals surface area contributed by atoms with Crippen LogP contribution in [0.3, 0.4) is 0 Å². The van der Waals surface area contributed by atoms with Gasteiger partial charge in [0.2, 0.25) is 0 Å². The largest absolute Gasteiger partial charge is 0.497 e. The number of nitrogens with zero attached hydrogens (tertiary/aromatic N) is 2. The second kappa shape index (κ2) is 9.69. The van der Waals surface area contributed by atoms with Gasteiger partial charge >= 0.3 is 0 Å². The van der Waals surface area contributed by atoms with Crippen molar-refractivity contribution in [2.45, 2.75) is 12.7 Å². The van der Waals surface area contributed by atoms with Gasteiger partial charge in [-0.15, -0.1) is 0 Å². The number of hydrogen-bond donors (Lipinski definition) is 1. The first-order chi connectivity index (χ1) is 13.2. The van der Waals surface area contributed by atoms with Crippen LogP contribution in [-0.2, 0) is 11.3 Å². The Morgan fingerprint density at radius 2 is 1.74 bits per heavy atom. The maximum atomic E-state index is 13.9. The Labute approximate surface area is 159 Å². The SMILES string of the molecule is COc1ccc(COCC(O)CN2CCN(c3ccccc3F)CC2)cc1. The molecule has 1 unspecified atom stereocenters. The number of methoxy groups -OCH3 is 1. The first kappa shape index (κ1) is 19.6. The van der Waals surface area contributed by atoms with Crippen molar-refractivity contribution in [2.24, 2.45) is 0 Å². The van der Waals surface area contributed by atoms with Gasteiger partial charge in [0, 0.05) is 32.7 Å². The minimum atomic E-state index is -0.539. The average Bonchev–Trinajstić information content (AvgIpc) is 2.70. The fraction of sp³-hybridized carbons (Fsp3) is 0.429. The normalized spacial score (nSPS) is 16.3. The molecule has 1 fully saturated rings. The van der Waals surface area contributed by atoms with E-state index in [9.17, 15) is 9.50 Å². The number of rotatable bonds is 8. The molecule has 3 rings (SSSR count). The van der Waals surface area contributed by atoms with Crippen molar-refractivity contribution in [3.05, 3.63) is 59.9 Å². The smallest absolute Gasteiger partial charge is 0.146 e. The third-order valence-electron chi connectivity index (χ3n) is 4.77. The van der Waals surface area contributed by atoms with Crippen molar-refractivity contribution in [3.8, 4) is 5.75 Å². The van der Waals surface area contributed by atoms with Gasteiger partial charge in [0.15, 0.2) is 0 Å². The molecule has 27 heavy (non-hydrogen) atoms. The maximum Gasteiger partial charge on any atom is 0.146 e. The number of hydrogen-bond acceptors (Lipinski definition) is 5. The van der Waals surface area contributed by atoms with Crippen molar-refractivity contribution >= 4 is 5.69 Å². The second-order valence-corrected chi connectivity index (χ2v) is 6.76. The third-order valence-corrected chi connectivity index (χ3v) is 4.77. The monoisotopic (exact) mass is 374 g/mol. The van der Waals surface area contributed by atoms with Crippen LogP contribution in [0.15, 0.2) is 48.5 Å². The Bertz CT molecular complexity index is 703. The molecule has 0 saturated carbocycles. The standard InChI is InChI=1S/C21H27FN2O3/c1-26-19-8-6-17(7-9-19)15-27-16-18(25)14-23-10-12-24(13-11-23)21-5-3-2-4-20(21)22/h2-9,18,25H,10-16H2,1H3. The summed E-state index contributed by atoms with van der Waals surface area (Å²) >= 11 is 0. The molecule has 1 aliphatic rings. The summed E-state index contributed by atoms with van der Waals surface area (Å²) in [6.07, 6.45) is -0.539. The predicted molar refractivity (Wildman–Crippen MR) is 104 cm³/mol.